The SMILES string of the molecule is CNC(=O)C(=O)CCCCCC(C(=O)O)C(=O)O. The number of rotatable bonds is 9. The lowest BCUT2D eigenvalue weighted by Gasteiger charge is -2.06. The molecule has 0 saturated heterocycles. The van der Waals surface area contributed by atoms with Crippen molar-refractivity contribution >= 4 is 23.6 Å². The maximum Gasteiger partial charge on any atom is 0.317 e. The van der Waals surface area contributed by atoms with Gasteiger partial charge in [-0.3, -0.25) is 19.2 Å². The number of aliphatic carboxylic acids is 2. The van der Waals surface area contributed by atoms with E-state index in [0.29, 0.717) is 19.3 Å². The predicted octanol–water partition coefficient (Wildman–Crippen LogP) is 0.0374. The Labute approximate surface area is 104 Å². The van der Waals surface area contributed by atoms with Crippen molar-refractivity contribution in [2.45, 2.75) is 32.1 Å². The van der Waals surface area contributed by atoms with Crippen LogP contribution in [0.15, 0.2) is 0 Å². The van der Waals surface area contributed by atoms with E-state index in [1.54, 1.807) is 0 Å². The van der Waals surface area contributed by atoms with Gasteiger partial charge < -0.3 is 15.5 Å². The van der Waals surface area contributed by atoms with Crippen molar-refractivity contribution in [3.05, 3.63) is 0 Å². The Morgan fingerprint density at radius 2 is 1.56 bits per heavy atom. The fraction of sp³-hybridized carbons (Fsp3) is 0.636. The van der Waals surface area contributed by atoms with Gasteiger partial charge in [-0.1, -0.05) is 12.8 Å². The van der Waals surface area contributed by atoms with Crippen LogP contribution in [0.4, 0.5) is 0 Å². The zero-order chi connectivity index (χ0) is 14.1. The molecule has 0 aliphatic carbocycles. The van der Waals surface area contributed by atoms with Gasteiger partial charge in [0.2, 0.25) is 5.78 Å². The molecule has 0 unspecified atom stereocenters. The number of carboxylic acid groups (broad SMARTS) is 2. The topological polar surface area (TPSA) is 121 Å². The Bertz CT molecular complexity index is 324. The van der Waals surface area contributed by atoms with Gasteiger partial charge in [-0.05, 0) is 12.8 Å². The summed E-state index contributed by atoms with van der Waals surface area (Å²) in [6.45, 7) is 0. The molecule has 0 radical (unpaired) electrons. The van der Waals surface area contributed by atoms with Gasteiger partial charge in [-0.15, -0.1) is 0 Å². The molecule has 0 aromatic carbocycles. The Kier molecular flexibility index (Phi) is 7.34. The number of unbranched alkanes of at least 4 members (excludes halogenated alkanes) is 2. The third kappa shape index (κ3) is 5.97. The number of carbonyl (C=O) groups excluding carboxylic acids is 2. The van der Waals surface area contributed by atoms with Crippen LogP contribution in [0, 0.1) is 5.92 Å². The summed E-state index contributed by atoms with van der Waals surface area (Å²) in [5, 5.41) is 19.4. The van der Waals surface area contributed by atoms with Crippen molar-refractivity contribution < 1.29 is 29.4 Å². The highest BCUT2D eigenvalue weighted by Gasteiger charge is 2.24. The quantitative estimate of drug-likeness (QED) is 0.305. The number of hydrogen-bond donors (Lipinski definition) is 3. The van der Waals surface area contributed by atoms with Crippen LogP contribution in [-0.4, -0.2) is 40.9 Å². The van der Waals surface area contributed by atoms with Crippen LogP contribution in [0.3, 0.4) is 0 Å². The first-order valence-electron chi connectivity index (χ1n) is 5.60. The summed E-state index contributed by atoms with van der Waals surface area (Å²) in [6, 6.07) is 0. The minimum Gasteiger partial charge on any atom is -0.481 e. The summed E-state index contributed by atoms with van der Waals surface area (Å²) < 4.78 is 0. The van der Waals surface area contributed by atoms with Gasteiger partial charge in [0.05, 0.1) is 0 Å². The summed E-state index contributed by atoms with van der Waals surface area (Å²) in [6.07, 6.45) is 1.46. The molecule has 0 fully saturated rings. The maximum absolute atomic E-state index is 11.1. The molecule has 0 heterocycles. The molecule has 0 atom stereocenters. The Hall–Kier alpha value is -1.92. The van der Waals surface area contributed by atoms with E-state index in [1.165, 1.54) is 7.05 Å². The number of Topliss-reactive ketones (excluding diaryl/α,β-unsaturated/α-hetero) is 1. The van der Waals surface area contributed by atoms with E-state index < -0.39 is 29.5 Å². The molecule has 0 aliphatic heterocycles. The van der Waals surface area contributed by atoms with Gasteiger partial charge >= 0.3 is 11.9 Å². The number of ketones is 1. The van der Waals surface area contributed by atoms with Gasteiger partial charge in [0.25, 0.3) is 5.91 Å². The molecule has 0 aromatic heterocycles. The molecular weight excluding hydrogens is 242 g/mol. The molecule has 18 heavy (non-hydrogen) atoms. The minimum absolute atomic E-state index is 0.0266. The third-order valence-corrected chi connectivity index (χ3v) is 2.47. The smallest absolute Gasteiger partial charge is 0.317 e. The number of amides is 1. The summed E-state index contributed by atoms with van der Waals surface area (Å²) in [5.41, 5.74) is 0. The number of nitrogens with one attached hydrogen (secondary N) is 1. The van der Waals surface area contributed by atoms with Crippen LogP contribution in [0.25, 0.3) is 0 Å². The van der Waals surface area contributed by atoms with E-state index >= 15 is 0 Å². The molecule has 3 N–H and O–H groups in total. The van der Waals surface area contributed by atoms with Crippen LogP contribution in [0.1, 0.15) is 32.1 Å². The second-order valence-electron chi connectivity index (χ2n) is 3.83. The summed E-state index contributed by atoms with van der Waals surface area (Å²) >= 11 is 0. The van der Waals surface area contributed by atoms with Crippen LogP contribution in [0.2, 0.25) is 0 Å². The highest BCUT2D eigenvalue weighted by Crippen LogP contribution is 2.11. The van der Waals surface area contributed by atoms with Crippen LogP contribution < -0.4 is 5.32 Å². The number of carboxylic acids is 2. The van der Waals surface area contributed by atoms with Gasteiger partial charge in [-0.2, -0.15) is 0 Å². The van der Waals surface area contributed by atoms with Crippen LogP contribution in [-0.2, 0) is 19.2 Å². The van der Waals surface area contributed by atoms with Gasteiger partial charge in [0.15, 0.2) is 5.92 Å². The third-order valence-electron chi connectivity index (χ3n) is 2.47. The lowest BCUT2D eigenvalue weighted by atomic mass is 10.0. The fourth-order valence-corrected chi connectivity index (χ4v) is 1.42. The molecular formula is C11H17NO6. The Balaban J connectivity index is 3.80. The summed E-state index contributed by atoms with van der Waals surface area (Å²) in [7, 11) is 1.37. The normalized spacial score (nSPS) is 10.1. The second kappa shape index (κ2) is 8.21. The highest BCUT2D eigenvalue weighted by molar-refractivity contribution is 6.36. The minimum atomic E-state index is -1.40. The zero-order valence-electron chi connectivity index (χ0n) is 10.1. The van der Waals surface area contributed by atoms with Crippen molar-refractivity contribution in [3.8, 4) is 0 Å². The van der Waals surface area contributed by atoms with Gasteiger partial charge in [0, 0.05) is 13.5 Å². The largest absolute Gasteiger partial charge is 0.481 e. The molecule has 0 bridgehead atoms. The fourth-order valence-electron chi connectivity index (χ4n) is 1.42. The van der Waals surface area contributed by atoms with Crippen molar-refractivity contribution in [3.63, 3.8) is 0 Å². The number of hydrogen-bond acceptors (Lipinski definition) is 4. The second-order valence-corrected chi connectivity index (χ2v) is 3.83. The molecule has 7 nitrogen and oxygen atoms in total. The number of likely N-dealkylation sites (N-methyl/N-ethyl adjacent to an activating group) is 1. The molecule has 1 amide bonds. The van der Waals surface area contributed by atoms with Gasteiger partial charge in [0.1, 0.15) is 0 Å². The maximum atomic E-state index is 11.1. The lowest BCUT2D eigenvalue weighted by Crippen LogP contribution is -2.27. The first kappa shape index (κ1) is 16.1. The zero-order valence-corrected chi connectivity index (χ0v) is 10.1. The van der Waals surface area contributed by atoms with E-state index in [1.807, 2.05) is 0 Å². The summed E-state index contributed by atoms with van der Waals surface area (Å²) in [4.78, 5) is 43.0. The van der Waals surface area contributed by atoms with Crippen molar-refractivity contribution in [1.82, 2.24) is 5.32 Å². The highest BCUT2D eigenvalue weighted by atomic mass is 16.4. The predicted molar refractivity (Wildman–Crippen MR) is 60.9 cm³/mol. The van der Waals surface area contributed by atoms with E-state index in [2.05, 4.69) is 5.32 Å². The first-order valence-corrected chi connectivity index (χ1v) is 5.60. The van der Waals surface area contributed by atoms with Crippen molar-refractivity contribution in [2.24, 2.45) is 5.92 Å². The standard InChI is InChI=1S/C11H17NO6/c1-12-9(14)8(13)6-4-2-3-5-7(10(15)16)11(17)18/h7H,2-6H2,1H3,(H,12,14)(H,15,16)(H,17,18). The van der Waals surface area contributed by atoms with Crippen molar-refractivity contribution in [1.29, 1.82) is 0 Å². The van der Waals surface area contributed by atoms with Crippen molar-refractivity contribution in [2.75, 3.05) is 7.05 Å². The molecule has 7 heteroatoms. The summed E-state index contributed by atoms with van der Waals surface area (Å²) in [5.74, 6) is -5.29. The molecule has 0 saturated carbocycles. The first-order chi connectivity index (χ1) is 8.40. The average Bonchev–Trinajstić information content (AvgIpc) is 2.31. The van der Waals surface area contributed by atoms with Crippen LogP contribution >= 0.6 is 0 Å². The van der Waals surface area contributed by atoms with E-state index in [0.717, 1.165) is 0 Å². The van der Waals surface area contributed by atoms with E-state index in [4.69, 9.17) is 10.2 Å². The monoisotopic (exact) mass is 259 g/mol. The van der Waals surface area contributed by atoms with Gasteiger partial charge in [-0.25, -0.2) is 0 Å². The van der Waals surface area contributed by atoms with Crippen LogP contribution in [0.5, 0.6) is 0 Å². The molecule has 0 aromatic rings. The molecule has 0 spiro atoms. The lowest BCUT2D eigenvalue weighted by molar-refractivity contribution is -0.154. The number of carbonyl (C=O) groups is 4. The molecule has 0 rings (SSSR count). The average molecular weight is 259 g/mol. The van der Waals surface area contributed by atoms with E-state index in [9.17, 15) is 19.2 Å². The Morgan fingerprint density at radius 1 is 1.00 bits per heavy atom. The Morgan fingerprint density at radius 3 is 2.00 bits per heavy atom. The molecule has 0 aliphatic rings. The molecule has 102 valence electrons. The van der Waals surface area contributed by atoms with E-state index in [-0.39, 0.29) is 12.8 Å².